The first-order chi connectivity index (χ1) is 10.6. The molecule has 0 aromatic heterocycles. The molecule has 0 spiro atoms. The van der Waals surface area contributed by atoms with Crippen molar-refractivity contribution in [1.82, 2.24) is 4.90 Å². The molecule has 1 aromatic carbocycles. The molecular formula is C16H22N2O3S. The molecule has 0 aliphatic carbocycles. The number of hydrogen-bond donors (Lipinski definition) is 2. The van der Waals surface area contributed by atoms with E-state index >= 15 is 0 Å². The van der Waals surface area contributed by atoms with Gasteiger partial charge in [-0.05, 0) is 36.3 Å². The zero-order valence-corrected chi connectivity index (χ0v) is 13.6. The number of likely N-dealkylation sites (tertiary alicyclic amines) is 1. The maximum Gasteiger partial charge on any atom is 0.321 e. The number of benzene rings is 1. The highest BCUT2D eigenvalue weighted by molar-refractivity contribution is 7.98. The number of piperidine rings is 1. The number of amides is 2. The van der Waals surface area contributed by atoms with Crippen molar-refractivity contribution < 1.29 is 14.7 Å². The lowest BCUT2D eigenvalue weighted by molar-refractivity contribution is -0.143. The first kappa shape index (κ1) is 16.7. The van der Waals surface area contributed by atoms with Crippen LogP contribution >= 0.6 is 11.8 Å². The number of carboxylic acids is 1. The second-order valence-electron chi connectivity index (χ2n) is 5.36. The molecule has 22 heavy (non-hydrogen) atoms. The third-order valence-corrected chi connectivity index (χ3v) is 4.76. The molecule has 1 saturated heterocycles. The number of carboxylic acid groups (broad SMARTS) is 1. The number of carbonyl (C=O) groups excluding carboxylic acids is 1. The Hall–Kier alpha value is -1.69. The van der Waals surface area contributed by atoms with E-state index in [0.717, 1.165) is 17.2 Å². The molecule has 2 N–H and O–H groups in total. The predicted octanol–water partition coefficient (Wildman–Crippen LogP) is 3.27. The molecule has 1 aliphatic rings. The van der Waals surface area contributed by atoms with Crippen molar-refractivity contribution >= 4 is 29.4 Å². The Morgan fingerprint density at radius 2 is 1.91 bits per heavy atom. The van der Waals surface area contributed by atoms with Crippen LogP contribution < -0.4 is 5.32 Å². The molecule has 0 bridgehead atoms. The molecule has 1 aliphatic heterocycles. The summed E-state index contributed by atoms with van der Waals surface area (Å²) in [5.41, 5.74) is 2.02. The number of nitrogens with one attached hydrogen (secondary N) is 1. The molecular weight excluding hydrogens is 300 g/mol. The average molecular weight is 322 g/mol. The lowest BCUT2D eigenvalue weighted by atomic mass is 9.97. The van der Waals surface area contributed by atoms with Crippen LogP contribution in [0.1, 0.15) is 25.3 Å². The summed E-state index contributed by atoms with van der Waals surface area (Å²) >= 11 is 1.86. The van der Waals surface area contributed by atoms with Gasteiger partial charge in [0.05, 0.1) is 5.92 Å². The number of thioether (sulfide) groups is 1. The van der Waals surface area contributed by atoms with Crippen LogP contribution in [0.4, 0.5) is 10.5 Å². The van der Waals surface area contributed by atoms with E-state index in [1.165, 1.54) is 5.56 Å². The maximum absolute atomic E-state index is 12.2. The van der Waals surface area contributed by atoms with Crippen LogP contribution in [0.3, 0.4) is 0 Å². The zero-order valence-electron chi connectivity index (χ0n) is 12.7. The van der Waals surface area contributed by atoms with Gasteiger partial charge in [-0.25, -0.2) is 4.79 Å². The standard InChI is InChI=1S/C16H22N2O3S/c1-2-22-11-12-3-5-14(6-4-12)17-16(21)18-9-7-13(8-10-18)15(19)20/h3-6,13H,2,7-11H2,1H3,(H,17,21)(H,19,20). The van der Waals surface area contributed by atoms with E-state index in [0.29, 0.717) is 25.9 Å². The molecule has 1 heterocycles. The van der Waals surface area contributed by atoms with Crippen molar-refractivity contribution in [2.24, 2.45) is 5.92 Å². The van der Waals surface area contributed by atoms with Gasteiger partial charge in [0.15, 0.2) is 0 Å². The molecule has 120 valence electrons. The van der Waals surface area contributed by atoms with Gasteiger partial charge in [0.2, 0.25) is 0 Å². The zero-order chi connectivity index (χ0) is 15.9. The van der Waals surface area contributed by atoms with Gasteiger partial charge in [0.25, 0.3) is 0 Å². The van der Waals surface area contributed by atoms with Crippen molar-refractivity contribution in [1.29, 1.82) is 0 Å². The van der Waals surface area contributed by atoms with Crippen molar-refractivity contribution in [2.75, 3.05) is 24.2 Å². The highest BCUT2D eigenvalue weighted by atomic mass is 32.2. The predicted molar refractivity (Wildman–Crippen MR) is 89.2 cm³/mol. The van der Waals surface area contributed by atoms with Crippen LogP contribution in [0.5, 0.6) is 0 Å². The number of rotatable bonds is 5. The lowest BCUT2D eigenvalue weighted by Crippen LogP contribution is -2.42. The van der Waals surface area contributed by atoms with E-state index in [1.54, 1.807) is 4.90 Å². The van der Waals surface area contributed by atoms with E-state index in [1.807, 2.05) is 36.0 Å². The van der Waals surface area contributed by atoms with Crippen molar-refractivity contribution in [2.45, 2.75) is 25.5 Å². The van der Waals surface area contributed by atoms with Gasteiger partial charge in [0.1, 0.15) is 0 Å². The monoisotopic (exact) mass is 322 g/mol. The maximum atomic E-state index is 12.2. The molecule has 5 nitrogen and oxygen atoms in total. The Morgan fingerprint density at radius 1 is 1.27 bits per heavy atom. The van der Waals surface area contributed by atoms with E-state index < -0.39 is 5.97 Å². The first-order valence-corrected chi connectivity index (χ1v) is 8.71. The molecule has 1 aromatic rings. The normalized spacial score (nSPS) is 15.6. The fourth-order valence-electron chi connectivity index (χ4n) is 2.44. The van der Waals surface area contributed by atoms with Gasteiger partial charge >= 0.3 is 12.0 Å². The summed E-state index contributed by atoms with van der Waals surface area (Å²) in [7, 11) is 0. The summed E-state index contributed by atoms with van der Waals surface area (Å²) in [5, 5.41) is 11.8. The molecule has 2 amide bonds. The Labute approximate surface area is 135 Å². The number of carbonyl (C=O) groups is 2. The van der Waals surface area contributed by atoms with Gasteiger partial charge in [-0.2, -0.15) is 11.8 Å². The summed E-state index contributed by atoms with van der Waals surface area (Å²) in [6.07, 6.45) is 1.05. The Kier molecular flexibility index (Phi) is 6.12. The smallest absolute Gasteiger partial charge is 0.321 e. The molecule has 0 saturated carbocycles. The summed E-state index contributed by atoms with van der Waals surface area (Å²) in [5.74, 6) is 0.984. The summed E-state index contributed by atoms with van der Waals surface area (Å²) in [6.45, 7) is 3.12. The Balaban J connectivity index is 1.83. The first-order valence-electron chi connectivity index (χ1n) is 7.55. The number of urea groups is 1. The van der Waals surface area contributed by atoms with Gasteiger partial charge in [-0.15, -0.1) is 0 Å². The topological polar surface area (TPSA) is 69.6 Å². The molecule has 0 unspecified atom stereocenters. The summed E-state index contributed by atoms with van der Waals surface area (Å²) < 4.78 is 0. The van der Waals surface area contributed by atoms with Crippen molar-refractivity contribution in [3.05, 3.63) is 29.8 Å². The molecule has 0 atom stereocenters. The number of nitrogens with zero attached hydrogens (tertiary/aromatic N) is 1. The quantitative estimate of drug-likeness (QED) is 0.873. The third kappa shape index (κ3) is 4.66. The minimum Gasteiger partial charge on any atom is -0.481 e. The van der Waals surface area contributed by atoms with E-state index in [4.69, 9.17) is 5.11 Å². The van der Waals surface area contributed by atoms with E-state index in [-0.39, 0.29) is 11.9 Å². The highest BCUT2D eigenvalue weighted by Gasteiger charge is 2.26. The third-order valence-electron chi connectivity index (χ3n) is 3.81. The fourth-order valence-corrected chi connectivity index (χ4v) is 3.07. The largest absolute Gasteiger partial charge is 0.481 e. The second-order valence-corrected chi connectivity index (χ2v) is 6.64. The van der Waals surface area contributed by atoms with Crippen LogP contribution in [-0.2, 0) is 10.5 Å². The van der Waals surface area contributed by atoms with Crippen LogP contribution in [0, 0.1) is 5.92 Å². The number of hydrogen-bond acceptors (Lipinski definition) is 3. The Morgan fingerprint density at radius 3 is 2.45 bits per heavy atom. The minimum atomic E-state index is -0.763. The van der Waals surface area contributed by atoms with Crippen molar-refractivity contribution in [3.63, 3.8) is 0 Å². The van der Waals surface area contributed by atoms with Gasteiger partial charge in [-0.3, -0.25) is 4.79 Å². The fraction of sp³-hybridized carbons (Fsp3) is 0.500. The second kappa shape index (κ2) is 8.08. The van der Waals surface area contributed by atoms with Crippen LogP contribution in [0.15, 0.2) is 24.3 Å². The highest BCUT2D eigenvalue weighted by Crippen LogP contribution is 2.19. The van der Waals surface area contributed by atoms with Gasteiger partial charge in [0, 0.05) is 24.5 Å². The Bertz CT molecular complexity index is 511. The molecule has 0 radical (unpaired) electrons. The molecule has 6 heteroatoms. The van der Waals surface area contributed by atoms with Crippen LogP contribution in [-0.4, -0.2) is 40.8 Å². The molecule has 1 fully saturated rings. The summed E-state index contributed by atoms with van der Waals surface area (Å²) in [6, 6.07) is 7.71. The average Bonchev–Trinajstić information content (AvgIpc) is 2.54. The molecule has 2 rings (SSSR count). The summed E-state index contributed by atoms with van der Waals surface area (Å²) in [4.78, 5) is 24.8. The van der Waals surface area contributed by atoms with Crippen LogP contribution in [0.25, 0.3) is 0 Å². The van der Waals surface area contributed by atoms with Crippen LogP contribution in [0.2, 0.25) is 0 Å². The van der Waals surface area contributed by atoms with E-state index in [9.17, 15) is 9.59 Å². The number of anilines is 1. The minimum absolute atomic E-state index is 0.153. The SMILES string of the molecule is CCSCc1ccc(NC(=O)N2CCC(C(=O)O)CC2)cc1. The van der Waals surface area contributed by atoms with Gasteiger partial charge < -0.3 is 15.3 Å². The van der Waals surface area contributed by atoms with Crippen molar-refractivity contribution in [3.8, 4) is 0 Å². The number of aliphatic carboxylic acids is 1. The lowest BCUT2D eigenvalue weighted by Gasteiger charge is -2.30. The van der Waals surface area contributed by atoms with E-state index in [2.05, 4.69) is 12.2 Å². The van der Waals surface area contributed by atoms with Gasteiger partial charge in [-0.1, -0.05) is 19.1 Å².